The predicted molar refractivity (Wildman–Crippen MR) is 97.6 cm³/mol. The highest BCUT2D eigenvalue weighted by atomic mass is 16.5. The minimum atomic E-state index is 0.0167. The molecule has 2 aromatic rings. The molecule has 2 aliphatic rings. The molecule has 25 heavy (non-hydrogen) atoms. The number of carbonyl (C=O) groups excluding carboxylic acids is 1. The first kappa shape index (κ1) is 16.6. The van der Waals surface area contributed by atoms with Gasteiger partial charge in [0.15, 0.2) is 5.69 Å². The molecule has 4 rings (SSSR count). The summed E-state index contributed by atoms with van der Waals surface area (Å²) in [5, 5.41) is 8.23. The van der Waals surface area contributed by atoms with Crippen LogP contribution in [-0.4, -0.2) is 46.8 Å². The van der Waals surface area contributed by atoms with Crippen molar-refractivity contribution in [1.29, 1.82) is 0 Å². The normalized spacial score (nSPS) is 24.6. The molecule has 0 aliphatic heterocycles. The number of nitrogens with one attached hydrogen (secondary N) is 1. The number of aromatic nitrogens is 2. The van der Waals surface area contributed by atoms with Crippen molar-refractivity contribution in [2.45, 2.75) is 58.1 Å². The maximum absolute atomic E-state index is 13.2. The largest absolute Gasteiger partial charge is 0.378 e. The van der Waals surface area contributed by atoms with Crippen LogP contribution in [0.15, 0.2) is 18.2 Å². The fourth-order valence-electron chi connectivity index (χ4n) is 4.99. The van der Waals surface area contributed by atoms with Gasteiger partial charge in [-0.1, -0.05) is 24.5 Å². The van der Waals surface area contributed by atoms with Crippen LogP contribution in [0.25, 0.3) is 10.9 Å². The number of amides is 1. The summed E-state index contributed by atoms with van der Waals surface area (Å²) in [5.41, 5.74) is 2.74. The lowest BCUT2D eigenvalue weighted by atomic mass is 9.60. The summed E-state index contributed by atoms with van der Waals surface area (Å²) in [6.45, 7) is 4.85. The molecule has 5 nitrogen and oxygen atoms in total. The Balaban J connectivity index is 1.61. The fourth-order valence-corrected chi connectivity index (χ4v) is 4.99. The van der Waals surface area contributed by atoms with Crippen LogP contribution in [0.5, 0.6) is 0 Å². The molecule has 1 N–H and O–H groups in total. The molecule has 0 radical (unpaired) electrons. The van der Waals surface area contributed by atoms with Gasteiger partial charge in [-0.25, -0.2) is 0 Å². The molecule has 1 aromatic heterocycles. The number of hydrogen-bond acceptors (Lipinski definition) is 3. The zero-order valence-corrected chi connectivity index (χ0v) is 15.3. The minimum Gasteiger partial charge on any atom is -0.378 e. The second-order valence-corrected chi connectivity index (χ2v) is 7.67. The van der Waals surface area contributed by atoms with Gasteiger partial charge in [0.2, 0.25) is 0 Å². The second kappa shape index (κ2) is 6.13. The van der Waals surface area contributed by atoms with E-state index in [2.05, 4.69) is 17.1 Å². The van der Waals surface area contributed by atoms with E-state index in [4.69, 9.17) is 4.74 Å². The lowest BCUT2D eigenvalue weighted by Crippen LogP contribution is -2.64. The van der Waals surface area contributed by atoms with Gasteiger partial charge in [0, 0.05) is 30.5 Å². The second-order valence-electron chi connectivity index (χ2n) is 7.67. The minimum absolute atomic E-state index is 0.0167. The van der Waals surface area contributed by atoms with Gasteiger partial charge < -0.3 is 9.64 Å². The summed E-state index contributed by atoms with van der Waals surface area (Å²) >= 11 is 0. The van der Waals surface area contributed by atoms with Crippen LogP contribution in [-0.2, 0) is 4.74 Å². The standard InChI is InChI=1S/C20H27N3O2/c1-4-25-17-12-16(20(17)9-5-6-10-20)23(3)19(24)18-14-11-13(2)7-8-15(14)21-22-18/h7-8,11,16-17H,4-6,9-10,12H2,1-3H3,(H,21,22)/t16-,17+/m0/s1. The molecule has 134 valence electrons. The fraction of sp³-hybridized carbons (Fsp3) is 0.600. The highest BCUT2D eigenvalue weighted by Gasteiger charge is 2.59. The number of hydrogen-bond donors (Lipinski definition) is 1. The van der Waals surface area contributed by atoms with E-state index in [1.54, 1.807) is 0 Å². The van der Waals surface area contributed by atoms with Gasteiger partial charge in [0.25, 0.3) is 5.91 Å². The Morgan fingerprint density at radius 1 is 1.40 bits per heavy atom. The zero-order valence-electron chi connectivity index (χ0n) is 15.3. The topological polar surface area (TPSA) is 58.2 Å². The van der Waals surface area contributed by atoms with Crippen LogP contribution >= 0.6 is 0 Å². The van der Waals surface area contributed by atoms with Crippen LogP contribution in [0.1, 0.15) is 55.1 Å². The van der Waals surface area contributed by atoms with E-state index in [1.165, 1.54) is 25.7 Å². The number of H-pyrrole nitrogens is 1. The van der Waals surface area contributed by atoms with E-state index >= 15 is 0 Å². The Hall–Kier alpha value is -1.88. The Morgan fingerprint density at radius 2 is 2.16 bits per heavy atom. The van der Waals surface area contributed by atoms with Gasteiger partial charge in [-0.05, 0) is 45.2 Å². The third kappa shape index (κ3) is 2.48. The lowest BCUT2D eigenvalue weighted by molar-refractivity contribution is -0.152. The number of benzene rings is 1. The average molecular weight is 341 g/mol. The first-order valence-electron chi connectivity index (χ1n) is 9.40. The lowest BCUT2D eigenvalue weighted by Gasteiger charge is -2.56. The van der Waals surface area contributed by atoms with E-state index < -0.39 is 0 Å². The molecule has 1 amide bonds. The van der Waals surface area contributed by atoms with E-state index in [0.717, 1.165) is 29.5 Å². The number of rotatable bonds is 4. The molecule has 0 saturated heterocycles. The van der Waals surface area contributed by atoms with Crippen molar-refractivity contribution in [3.05, 3.63) is 29.5 Å². The predicted octanol–water partition coefficient (Wildman–Crippen LogP) is 3.68. The van der Waals surface area contributed by atoms with Gasteiger partial charge in [-0.2, -0.15) is 5.10 Å². The van der Waals surface area contributed by atoms with E-state index in [0.29, 0.717) is 11.8 Å². The Bertz CT molecular complexity index is 791. The highest BCUT2D eigenvalue weighted by molar-refractivity contribution is 6.04. The number of nitrogens with zero attached hydrogens (tertiary/aromatic N) is 2. The summed E-state index contributed by atoms with van der Waals surface area (Å²) in [6.07, 6.45) is 6.07. The van der Waals surface area contributed by atoms with Crippen molar-refractivity contribution in [2.75, 3.05) is 13.7 Å². The van der Waals surface area contributed by atoms with Crippen LogP contribution in [0.2, 0.25) is 0 Å². The van der Waals surface area contributed by atoms with Gasteiger partial charge in [-0.15, -0.1) is 0 Å². The van der Waals surface area contributed by atoms with Crippen LogP contribution in [0, 0.1) is 12.3 Å². The monoisotopic (exact) mass is 341 g/mol. The van der Waals surface area contributed by atoms with Gasteiger partial charge in [0.05, 0.1) is 11.6 Å². The summed E-state index contributed by atoms with van der Waals surface area (Å²) in [4.78, 5) is 15.1. The van der Waals surface area contributed by atoms with Gasteiger partial charge in [-0.3, -0.25) is 9.89 Å². The molecule has 2 atom stereocenters. The maximum Gasteiger partial charge on any atom is 0.275 e. The number of ether oxygens (including phenoxy) is 1. The van der Waals surface area contributed by atoms with Crippen molar-refractivity contribution in [1.82, 2.24) is 15.1 Å². The van der Waals surface area contributed by atoms with Crippen LogP contribution in [0.3, 0.4) is 0 Å². The number of aromatic amines is 1. The molecule has 1 spiro atoms. The van der Waals surface area contributed by atoms with Crippen molar-refractivity contribution in [3.8, 4) is 0 Å². The van der Waals surface area contributed by atoms with Crippen molar-refractivity contribution in [3.63, 3.8) is 0 Å². The third-order valence-electron chi connectivity index (χ3n) is 6.35. The SMILES string of the molecule is CCO[C@@H]1C[C@H](N(C)C(=O)c2n[nH]c3ccc(C)cc23)C12CCCC2. The quantitative estimate of drug-likeness (QED) is 0.923. The molecule has 2 aliphatic carbocycles. The van der Waals surface area contributed by atoms with Crippen molar-refractivity contribution < 1.29 is 9.53 Å². The Morgan fingerprint density at radius 3 is 2.88 bits per heavy atom. The third-order valence-corrected chi connectivity index (χ3v) is 6.35. The molecule has 0 unspecified atom stereocenters. The van der Waals surface area contributed by atoms with Crippen LogP contribution < -0.4 is 0 Å². The Kier molecular flexibility index (Phi) is 4.07. The molecule has 2 fully saturated rings. The number of fused-ring (bicyclic) bond motifs is 1. The van der Waals surface area contributed by atoms with Crippen LogP contribution in [0.4, 0.5) is 0 Å². The van der Waals surface area contributed by atoms with Crippen molar-refractivity contribution >= 4 is 16.8 Å². The Labute approximate surface area is 148 Å². The van der Waals surface area contributed by atoms with E-state index in [1.807, 2.05) is 37.1 Å². The molecule has 0 bridgehead atoms. The average Bonchev–Trinajstić information content (AvgIpc) is 3.25. The summed E-state index contributed by atoms with van der Waals surface area (Å²) in [6, 6.07) is 6.32. The molecular weight excluding hydrogens is 314 g/mol. The zero-order chi connectivity index (χ0) is 17.6. The maximum atomic E-state index is 13.2. The van der Waals surface area contributed by atoms with Gasteiger partial charge in [0.1, 0.15) is 0 Å². The highest BCUT2D eigenvalue weighted by Crippen LogP contribution is 2.56. The number of carbonyl (C=O) groups is 1. The van der Waals surface area contributed by atoms with E-state index in [9.17, 15) is 4.79 Å². The summed E-state index contributed by atoms with van der Waals surface area (Å²) in [7, 11) is 1.94. The summed E-state index contributed by atoms with van der Waals surface area (Å²) < 4.78 is 5.99. The van der Waals surface area contributed by atoms with E-state index in [-0.39, 0.29) is 17.4 Å². The van der Waals surface area contributed by atoms with Crippen molar-refractivity contribution in [2.24, 2.45) is 5.41 Å². The molecule has 2 saturated carbocycles. The first-order chi connectivity index (χ1) is 12.1. The summed E-state index contributed by atoms with van der Waals surface area (Å²) in [5.74, 6) is 0.0167. The molecule has 1 heterocycles. The molecule has 5 heteroatoms. The molecular formula is C20H27N3O2. The van der Waals surface area contributed by atoms with Gasteiger partial charge >= 0.3 is 0 Å². The first-order valence-corrected chi connectivity index (χ1v) is 9.40. The molecule has 1 aromatic carbocycles. The number of aryl methyl sites for hydroxylation is 1. The smallest absolute Gasteiger partial charge is 0.275 e.